The number of nitrogens with one attached hydrogen (secondary N) is 2. The lowest BCUT2D eigenvalue weighted by Gasteiger charge is -2.39. The largest absolute Gasteiger partial charge is 0.369 e. The van der Waals surface area contributed by atoms with Crippen molar-refractivity contribution in [2.75, 3.05) is 57.8 Å². The second kappa shape index (κ2) is 12.5. The van der Waals surface area contributed by atoms with Crippen LogP contribution in [0.3, 0.4) is 0 Å². The van der Waals surface area contributed by atoms with E-state index < -0.39 is 0 Å². The molecule has 0 bridgehead atoms. The number of halogens is 1. The Morgan fingerprint density at radius 1 is 1.10 bits per heavy atom. The highest BCUT2D eigenvalue weighted by Gasteiger charge is 2.28. The van der Waals surface area contributed by atoms with Gasteiger partial charge in [0.2, 0.25) is 5.91 Å². The minimum Gasteiger partial charge on any atom is -0.369 e. The summed E-state index contributed by atoms with van der Waals surface area (Å²) in [6.07, 6.45) is 0.968. The van der Waals surface area contributed by atoms with Crippen molar-refractivity contribution in [2.24, 2.45) is 10.9 Å². The molecule has 0 aliphatic carbocycles. The van der Waals surface area contributed by atoms with Gasteiger partial charge in [-0.25, -0.2) is 0 Å². The summed E-state index contributed by atoms with van der Waals surface area (Å²) in [7, 11) is 1.81. The van der Waals surface area contributed by atoms with Crippen molar-refractivity contribution in [3.05, 3.63) is 30.3 Å². The molecule has 1 amide bonds. The van der Waals surface area contributed by atoms with Gasteiger partial charge >= 0.3 is 0 Å². The van der Waals surface area contributed by atoms with Gasteiger partial charge in [-0.05, 0) is 25.5 Å². The van der Waals surface area contributed by atoms with Gasteiger partial charge in [-0.1, -0.05) is 32.0 Å². The predicted octanol–water partition coefficient (Wildman–Crippen LogP) is 2.24. The molecule has 2 fully saturated rings. The third-order valence-electron chi connectivity index (χ3n) is 6.18. The van der Waals surface area contributed by atoms with Crippen LogP contribution in [0.15, 0.2) is 35.3 Å². The second-order valence-corrected chi connectivity index (χ2v) is 8.73. The van der Waals surface area contributed by atoms with Crippen LogP contribution in [0, 0.1) is 5.92 Å². The summed E-state index contributed by atoms with van der Waals surface area (Å²) >= 11 is 0. The van der Waals surface area contributed by atoms with Gasteiger partial charge in [-0.3, -0.25) is 14.7 Å². The summed E-state index contributed by atoms with van der Waals surface area (Å²) < 4.78 is 0. The number of hydrogen-bond acceptors (Lipinski definition) is 4. The van der Waals surface area contributed by atoms with Gasteiger partial charge in [0, 0.05) is 76.5 Å². The average Bonchev–Trinajstić information content (AvgIpc) is 3.25. The van der Waals surface area contributed by atoms with Gasteiger partial charge in [0.15, 0.2) is 5.96 Å². The lowest BCUT2D eigenvalue weighted by molar-refractivity contribution is -0.133. The molecular weight excluding hydrogens is 503 g/mol. The van der Waals surface area contributed by atoms with Crippen molar-refractivity contribution in [1.82, 2.24) is 20.4 Å². The smallest absolute Gasteiger partial charge is 0.225 e. The highest BCUT2D eigenvalue weighted by atomic mass is 127. The Morgan fingerprint density at radius 3 is 2.39 bits per heavy atom. The van der Waals surface area contributed by atoms with Gasteiger partial charge < -0.3 is 20.4 Å². The molecule has 0 radical (unpaired) electrons. The molecule has 2 aliphatic rings. The molecule has 2 heterocycles. The number of aliphatic imine (C=N–C) groups is 1. The Kier molecular flexibility index (Phi) is 10.3. The molecule has 0 saturated carbocycles. The van der Waals surface area contributed by atoms with Crippen LogP contribution in [-0.4, -0.2) is 86.6 Å². The molecule has 7 nitrogen and oxygen atoms in total. The lowest BCUT2D eigenvalue weighted by Crippen LogP contribution is -2.54. The lowest BCUT2D eigenvalue weighted by atomic mass is 10.2. The zero-order chi connectivity index (χ0) is 21.5. The van der Waals surface area contributed by atoms with Crippen molar-refractivity contribution >= 4 is 41.5 Å². The molecule has 0 aromatic heterocycles. The molecule has 0 spiro atoms. The second-order valence-electron chi connectivity index (χ2n) is 8.73. The van der Waals surface area contributed by atoms with E-state index in [9.17, 15) is 4.79 Å². The quantitative estimate of drug-likeness (QED) is 0.328. The van der Waals surface area contributed by atoms with Crippen molar-refractivity contribution in [3.8, 4) is 0 Å². The Hall–Kier alpha value is -1.55. The number of para-hydroxylation sites is 1. The number of rotatable bonds is 6. The number of anilines is 1. The van der Waals surface area contributed by atoms with E-state index in [0.29, 0.717) is 6.04 Å². The van der Waals surface area contributed by atoms with Crippen molar-refractivity contribution in [2.45, 2.75) is 39.3 Å². The third-order valence-corrected chi connectivity index (χ3v) is 6.18. The first-order valence-electron chi connectivity index (χ1n) is 11.3. The van der Waals surface area contributed by atoms with E-state index in [4.69, 9.17) is 0 Å². The number of nitrogens with zero attached hydrogens (tertiary/aromatic N) is 4. The molecule has 2 N–H and O–H groups in total. The summed E-state index contributed by atoms with van der Waals surface area (Å²) in [6, 6.07) is 11.4. The first-order chi connectivity index (χ1) is 14.5. The maximum Gasteiger partial charge on any atom is 0.225 e. The predicted molar refractivity (Wildman–Crippen MR) is 139 cm³/mol. The normalized spacial score (nSPS) is 21.1. The molecule has 1 aromatic carbocycles. The van der Waals surface area contributed by atoms with Gasteiger partial charge in [0.25, 0.3) is 0 Å². The van der Waals surface area contributed by atoms with Crippen LogP contribution in [0.1, 0.15) is 27.2 Å². The minimum absolute atomic E-state index is 0. The molecule has 174 valence electrons. The number of likely N-dealkylation sites (tertiary alicyclic amines) is 1. The molecule has 1 aromatic rings. The monoisotopic (exact) mass is 542 g/mol. The number of amides is 1. The van der Waals surface area contributed by atoms with Crippen LogP contribution in [0.25, 0.3) is 0 Å². The summed E-state index contributed by atoms with van der Waals surface area (Å²) in [5, 5.41) is 6.98. The Labute approximate surface area is 204 Å². The summed E-state index contributed by atoms with van der Waals surface area (Å²) in [5.74, 6) is 1.13. The average molecular weight is 543 g/mol. The van der Waals surface area contributed by atoms with Crippen LogP contribution in [-0.2, 0) is 4.79 Å². The highest BCUT2D eigenvalue weighted by Crippen LogP contribution is 2.16. The number of piperazine rings is 1. The van der Waals surface area contributed by atoms with Crippen molar-refractivity contribution in [1.29, 1.82) is 0 Å². The van der Waals surface area contributed by atoms with E-state index in [-0.39, 0.29) is 41.8 Å². The zero-order valence-electron chi connectivity index (χ0n) is 19.4. The van der Waals surface area contributed by atoms with E-state index in [2.05, 4.69) is 62.7 Å². The Morgan fingerprint density at radius 2 is 1.77 bits per heavy atom. The first kappa shape index (κ1) is 25.7. The Balaban J connectivity index is 0.00000341. The van der Waals surface area contributed by atoms with E-state index >= 15 is 0 Å². The van der Waals surface area contributed by atoms with Gasteiger partial charge in [0.05, 0.1) is 0 Å². The molecule has 2 aliphatic heterocycles. The van der Waals surface area contributed by atoms with Gasteiger partial charge in [-0.15, -0.1) is 24.0 Å². The molecule has 2 saturated heterocycles. The molecule has 3 rings (SSSR count). The molecule has 8 heteroatoms. The summed E-state index contributed by atoms with van der Waals surface area (Å²) in [5.41, 5.74) is 1.31. The fraction of sp³-hybridized carbons (Fsp3) is 0.652. The minimum atomic E-state index is 0. The maximum absolute atomic E-state index is 12.2. The standard InChI is InChI=1S/C23H38N6O.HI/c1-18(2)22(30)29-11-10-20(17-29)26-23(24-4)25-16-19(3)27-12-14-28(15-13-27)21-8-6-5-7-9-21;/h5-9,18-20H,10-17H2,1-4H3,(H2,24,25,26);1H. The van der Waals surface area contributed by atoms with Gasteiger partial charge in [0.1, 0.15) is 0 Å². The molecular formula is C23H39IN6O. The fourth-order valence-corrected chi connectivity index (χ4v) is 4.26. The Bertz CT molecular complexity index is 705. The number of guanidine groups is 1. The van der Waals surface area contributed by atoms with E-state index in [1.54, 1.807) is 0 Å². The number of hydrogen-bond donors (Lipinski definition) is 2. The number of carbonyl (C=O) groups is 1. The van der Waals surface area contributed by atoms with E-state index in [0.717, 1.165) is 58.2 Å². The highest BCUT2D eigenvalue weighted by molar-refractivity contribution is 14.0. The zero-order valence-corrected chi connectivity index (χ0v) is 21.7. The van der Waals surface area contributed by atoms with Crippen LogP contribution in [0.2, 0.25) is 0 Å². The van der Waals surface area contributed by atoms with E-state index in [1.165, 1.54) is 5.69 Å². The molecule has 2 unspecified atom stereocenters. The fourth-order valence-electron chi connectivity index (χ4n) is 4.26. The molecule has 31 heavy (non-hydrogen) atoms. The SMILES string of the molecule is CN=C(NCC(C)N1CCN(c2ccccc2)CC1)NC1CCN(C(=O)C(C)C)C1.I. The maximum atomic E-state index is 12.2. The van der Waals surface area contributed by atoms with Crippen LogP contribution in [0.4, 0.5) is 5.69 Å². The molecule has 2 atom stereocenters. The van der Waals surface area contributed by atoms with Crippen LogP contribution >= 0.6 is 24.0 Å². The number of benzene rings is 1. The summed E-state index contributed by atoms with van der Waals surface area (Å²) in [6.45, 7) is 12.9. The third kappa shape index (κ3) is 7.24. The topological polar surface area (TPSA) is 63.2 Å². The van der Waals surface area contributed by atoms with E-state index in [1.807, 2.05) is 25.8 Å². The van der Waals surface area contributed by atoms with Gasteiger partial charge in [-0.2, -0.15) is 0 Å². The van der Waals surface area contributed by atoms with Crippen LogP contribution < -0.4 is 15.5 Å². The van der Waals surface area contributed by atoms with Crippen LogP contribution in [0.5, 0.6) is 0 Å². The number of carbonyl (C=O) groups excluding carboxylic acids is 1. The van der Waals surface area contributed by atoms with Crippen molar-refractivity contribution in [3.63, 3.8) is 0 Å². The first-order valence-corrected chi connectivity index (χ1v) is 11.3. The summed E-state index contributed by atoms with van der Waals surface area (Å²) in [4.78, 5) is 23.5. The van der Waals surface area contributed by atoms with Crippen molar-refractivity contribution < 1.29 is 4.79 Å².